The fourth-order valence-electron chi connectivity index (χ4n) is 0.430. The molecule has 3 N–H and O–H groups in total. The third kappa shape index (κ3) is 19.3. The number of hydrogen-bond donors (Lipinski definition) is 3. The Kier molecular flexibility index (Phi) is 13.8. The molecule has 15 heavy (non-hydrogen) atoms. The van der Waals surface area contributed by atoms with Crippen molar-refractivity contribution in [3.8, 4) is 0 Å². The number of aromatic nitrogens is 4. The van der Waals surface area contributed by atoms with Crippen LogP contribution in [0.15, 0.2) is 36.9 Å². The lowest BCUT2D eigenvalue weighted by atomic mass is 10.8. The van der Waals surface area contributed by atoms with Crippen LogP contribution >= 0.6 is 12.4 Å². The van der Waals surface area contributed by atoms with Crippen LogP contribution in [0.1, 0.15) is 0 Å². The molecule has 1 atom stereocenters. The number of halogens is 1. The van der Waals surface area contributed by atoms with Crippen LogP contribution in [0.5, 0.6) is 0 Å². The summed E-state index contributed by atoms with van der Waals surface area (Å²) in [7, 11) is 0. The molecule has 0 saturated heterocycles. The summed E-state index contributed by atoms with van der Waals surface area (Å²) in [6, 6.07) is 3.67. The number of hydrogen-bond acceptors (Lipinski definition) is 4. The number of nitrogens with one attached hydrogen (secondary N) is 2. The van der Waals surface area contributed by atoms with Crippen molar-refractivity contribution in [2.24, 2.45) is 0 Å². The lowest BCUT2D eigenvalue weighted by Crippen LogP contribution is -1.75. The summed E-state index contributed by atoms with van der Waals surface area (Å²) in [6.45, 7) is 0. The zero-order chi connectivity index (χ0) is 10.6. The van der Waals surface area contributed by atoms with Crippen molar-refractivity contribution in [1.82, 2.24) is 20.4 Å². The van der Waals surface area contributed by atoms with Gasteiger partial charge in [-0.15, -0.1) is 12.4 Å². The Hall–Kier alpha value is -1.22. The maximum absolute atomic E-state index is 8.56. The van der Waals surface area contributed by atoms with Crippen LogP contribution in [0.2, 0.25) is 0 Å². The maximum Gasteiger partial charge on any atom is 0.0814 e. The summed E-state index contributed by atoms with van der Waals surface area (Å²) in [6.07, 6.45) is 6.92. The normalized spacial score (nSPS) is 9.47. The molecule has 9 heteroatoms. The Bertz CT molecular complexity index is 237. The molecule has 0 amide bonds. The summed E-state index contributed by atoms with van der Waals surface area (Å²) >= 11 is -2.86. The average Bonchev–Trinajstić information content (AvgIpc) is 2.83. The molecule has 2 aromatic heterocycles. The van der Waals surface area contributed by atoms with E-state index in [4.69, 9.17) is 13.3 Å². The van der Waals surface area contributed by atoms with Gasteiger partial charge in [0.1, 0.15) is 0 Å². The van der Waals surface area contributed by atoms with Crippen LogP contribution in [-0.2, 0) is 11.4 Å². The van der Waals surface area contributed by atoms with Crippen LogP contribution < -0.4 is 0 Å². The van der Waals surface area contributed by atoms with E-state index in [2.05, 4.69) is 20.4 Å². The van der Waals surface area contributed by atoms with Crippen molar-refractivity contribution in [2.45, 2.75) is 0 Å². The van der Waals surface area contributed by atoms with E-state index in [-0.39, 0.29) is 12.4 Å². The second kappa shape index (κ2) is 12.8. The second-order valence-electron chi connectivity index (χ2n) is 1.75. The van der Waals surface area contributed by atoms with E-state index in [1.165, 1.54) is 0 Å². The van der Waals surface area contributed by atoms with Crippen molar-refractivity contribution in [2.75, 3.05) is 0 Å². The summed E-state index contributed by atoms with van der Waals surface area (Å²) in [5.74, 6) is 0. The molecule has 7 nitrogen and oxygen atoms in total. The third-order valence-corrected chi connectivity index (χ3v) is 0.812. The second-order valence-corrected chi connectivity index (χ2v) is 2.18. The van der Waals surface area contributed by atoms with Gasteiger partial charge in [0.15, 0.2) is 0 Å². The van der Waals surface area contributed by atoms with Crippen LogP contribution in [0, 0.1) is 0 Å². The van der Waals surface area contributed by atoms with Gasteiger partial charge < -0.3 is 9.11 Å². The highest BCUT2D eigenvalue weighted by atomic mass is 35.5. The minimum Gasteiger partial charge on any atom is -0.750 e. The highest BCUT2D eigenvalue weighted by Crippen LogP contribution is 1.65. The Morgan fingerprint density at radius 3 is 1.53 bits per heavy atom. The van der Waals surface area contributed by atoms with Gasteiger partial charge in [0.25, 0.3) is 0 Å². The minimum atomic E-state index is -2.86. The van der Waals surface area contributed by atoms with Crippen LogP contribution in [-0.4, -0.2) is 33.7 Å². The lowest BCUT2D eigenvalue weighted by Gasteiger charge is -1.83. The van der Waals surface area contributed by atoms with Crippen molar-refractivity contribution >= 4 is 23.8 Å². The summed E-state index contributed by atoms with van der Waals surface area (Å²) in [4.78, 5) is 0. The molecule has 0 spiro atoms. The van der Waals surface area contributed by atoms with Crippen molar-refractivity contribution in [1.29, 1.82) is 0 Å². The van der Waals surface area contributed by atoms with Crippen LogP contribution in [0.25, 0.3) is 0 Å². The smallest absolute Gasteiger partial charge is 0.0814 e. The predicted molar refractivity (Wildman–Crippen MR) is 56.0 cm³/mol. The van der Waals surface area contributed by atoms with Gasteiger partial charge in [-0.25, -0.2) is 4.21 Å². The molecule has 0 aliphatic rings. The number of nitrogens with zero attached hydrogens (tertiary/aromatic N) is 2. The Morgan fingerprint density at radius 2 is 1.47 bits per heavy atom. The van der Waals surface area contributed by atoms with Crippen molar-refractivity contribution in [3.63, 3.8) is 0 Å². The van der Waals surface area contributed by atoms with E-state index in [9.17, 15) is 0 Å². The van der Waals surface area contributed by atoms with Crippen LogP contribution in [0.3, 0.4) is 0 Å². The molecule has 0 radical (unpaired) electrons. The van der Waals surface area contributed by atoms with Crippen molar-refractivity contribution < 1.29 is 13.3 Å². The van der Waals surface area contributed by atoms with Gasteiger partial charge in [-0.05, 0) is 12.1 Å². The Morgan fingerprint density at radius 1 is 1.13 bits per heavy atom. The molecule has 2 aromatic rings. The quantitative estimate of drug-likeness (QED) is 0.594. The molecule has 0 fully saturated rings. The molecular formula is C6H10ClN4O3S-. The molecule has 0 aromatic carbocycles. The third-order valence-electron chi connectivity index (χ3n) is 0.812. The molecule has 0 bridgehead atoms. The zero-order valence-corrected chi connectivity index (χ0v) is 9.07. The van der Waals surface area contributed by atoms with Gasteiger partial charge in [0.2, 0.25) is 0 Å². The van der Waals surface area contributed by atoms with E-state index in [1.54, 1.807) is 24.8 Å². The molecule has 1 unspecified atom stereocenters. The molecule has 86 valence electrons. The van der Waals surface area contributed by atoms with E-state index in [0.29, 0.717) is 0 Å². The topological polar surface area (TPSA) is 118 Å². The zero-order valence-electron chi connectivity index (χ0n) is 7.44. The first-order chi connectivity index (χ1) is 6.73. The standard InChI is InChI=1S/2C3H4N2.ClH.H2O3S/c2*1-2-4-5-3-1;;1-4(2)3/h2*1-3H,(H,4,5);1H;(H2,1,2,3)/p-1. The lowest BCUT2D eigenvalue weighted by molar-refractivity contribution is 0.436. The predicted octanol–water partition coefficient (Wildman–Crippen LogP) is 0.580. The Labute approximate surface area is 94.8 Å². The molecule has 0 aliphatic heterocycles. The average molecular weight is 254 g/mol. The fourth-order valence-corrected chi connectivity index (χ4v) is 0.430. The van der Waals surface area contributed by atoms with Crippen LogP contribution in [0.4, 0.5) is 0 Å². The maximum atomic E-state index is 8.56. The monoisotopic (exact) mass is 253 g/mol. The minimum absolute atomic E-state index is 0. The highest BCUT2D eigenvalue weighted by Gasteiger charge is 1.57. The van der Waals surface area contributed by atoms with Gasteiger partial charge in [0.05, 0.1) is 11.4 Å². The SMILES string of the molecule is Cl.O=S([O-])O.c1cn[nH]c1.c1cn[nH]c1. The van der Waals surface area contributed by atoms with Gasteiger partial charge in [-0.3, -0.25) is 10.2 Å². The Balaban J connectivity index is 0. The molecule has 0 saturated carbocycles. The first-order valence-corrected chi connectivity index (χ1v) is 4.42. The van der Waals surface area contributed by atoms with Crippen molar-refractivity contribution in [3.05, 3.63) is 36.9 Å². The number of aromatic amines is 2. The highest BCUT2D eigenvalue weighted by molar-refractivity contribution is 7.73. The first kappa shape index (κ1) is 16.2. The van der Waals surface area contributed by atoms with Gasteiger partial charge in [-0.2, -0.15) is 10.2 Å². The number of H-pyrrole nitrogens is 2. The van der Waals surface area contributed by atoms with Gasteiger partial charge in [0, 0.05) is 24.8 Å². The summed E-state index contributed by atoms with van der Waals surface area (Å²) < 4.78 is 24.1. The fraction of sp³-hybridized carbons (Fsp3) is 0. The van der Waals surface area contributed by atoms with Gasteiger partial charge >= 0.3 is 0 Å². The first-order valence-electron chi connectivity index (χ1n) is 3.39. The van der Waals surface area contributed by atoms with E-state index < -0.39 is 11.4 Å². The van der Waals surface area contributed by atoms with E-state index in [0.717, 1.165) is 0 Å². The van der Waals surface area contributed by atoms with Gasteiger partial charge in [-0.1, -0.05) is 0 Å². The number of rotatable bonds is 0. The largest absolute Gasteiger partial charge is 0.750 e. The summed E-state index contributed by atoms with van der Waals surface area (Å²) in [5, 5.41) is 12.4. The molecule has 2 heterocycles. The molecule has 0 aliphatic carbocycles. The van der Waals surface area contributed by atoms with E-state index in [1.807, 2.05) is 12.1 Å². The molecule has 2 rings (SSSR count). The molecular weight excluding hydrogens is 244 g/mol. The summed E-state index contributed by atoms with van der Waals surface area (Å²) in [5.41, 5.74) is 0. The van der Waals surface area contributed by atoms with E-state index >= 15 is 0 Å².